The molecule has 1 amide bonds. The van der Waals surface area contributed by atoms with Crippen molar-refractivity contribution in [3.63, 3.8) is 0 Å². The first-order valence-corrected chi connectivity index (χ1v) is 9.85. The average Bonchev–Trinajstić information content (AvgIpc) is 3.32. The van der Waals surface area contributed by atoms with Crippen LogP contribution in [0.1, 0.15) is 40.2 Å². The van der Waals surface area contributed by atoms with Crippen LogP contribution in [0.4, 0.5) is 13.2 Å². The minimum atomic E-state index is -4.49. The zero-order valence-corrected chi connectivity index (χ0v) is 17.3. The van der Waals surface area contributed by atoms with Crippen LogP contribution in [0.2, 0.25) is 0 Å². The molecular formula is C21H25F3N4O2. The number of carbonyl (C=O) groups is 2. The highest BCUT2D eigenvalue weighted by atomic mass is 19.4. The molecular weight excluding hydrogens is 397 g/mol. The lowest BCUT2D eigenvalue weighted by atomic mass is 10.1. The number of benzene rings is 1. The Bertz CT molecular complexity index is 946. The van der Waals surface area contributed by atoms with Crippen LogP contribution < -0.4 is 0 Å². The molecule has 0 spiro atoms. The Morgan fingerprint density at radius 1 is 1.17 bits per heavy atom. The number of rotatable bonds is 6. The van der Waals surface area contributed by atoms with E-state index in [0.717, 1.165) is 38.1 Å². The fraction of sp³-hybridized carbons (Fsp3) is 0.476. The summed E-state index contributed by atoms with van der Waals surface area (Å²) >= 11 is 0. The number of hydrogen-bond acceptors (Lipinski definition) is 4. The van der Waals surface area contributed by atoms with E-state index in [1.165, 1.54) is 21.7 Å². The predicted molar refractivity (Wildman–Crippen MR) is 106 cm³/mol. The SMILES string of the molecule is Cc1nn(-c2cccc(C(F)(F)F)c2)c(C)c1C(=O)C(=O)N(C)CCN1CCCC1. The first-order chi connectivity index (χ1) is 14.1. The van der Waals surface area contributed by atoms with Gasteiger partial charge in [0.1, 0.15) is 0 Å². The lowest BCUT2D eigenvalue weighted by molar-refractivity contribution is -0.137. The van der Waals surface area contributed by atoms with Crippen LogP contribution in [-0.2, 0) is 11.0 Å². The Morgan fingerprint density at radius 3 is 2.47 bits per heavy atom. The Morgan fingerprint density at radius 2 is 1.83 bits per heavy atom. The van der Waals surface area contributed by atoms with Crippen LogP contribution >= 0.6 is 0 Å². The van der Waals surface area contributed by atoms with E-state index in [4.69, 9.17) is 0 Å². The average molecular weight is 422 g/mol. The fourth-order valence-corrected chi connectivity index (χ4v) is 3.72. The molecule has 1 saturated heterocycles. The van der Waals surface area contributed by atoms with Gasteiger partial charge in [0, 0.05) is 20.1 Å². The van der Waals surface area contributed by atoms with Crippen molar-refractivity contribution >= 4 is 11.7 Å². The molecule has 0 unspecified atom stereocenters. The highest BCUT2D eigenvalue weighted by molar-refractivity contribution is 6.43. The number of carbonyl (C=O) groups excluding carboxylic acids is 2. The van der Waals surface area contributed by atoms with Crippen LogP contribution in [0.15, 0.2) is 24.3 Å². The number of alkyl halides is 3. The molecule has 1 aliphatic heterocycles. The van der Waals surface area contributed by atoms with E-state index < -0.39 is 23.4 Å². The van der Waals surface area contributed by atoms with Gasteiger partial charge in [0.2, 0.25) is 0 Å². The minimum Gasteiger partial charge on any atom is -0.338 e. The first kappa shape index (κ1) is 22.0. The molecule has 0 radical (unpaired) electrons. The Kier molecular flexibility index (Phi) is 6.30. The molecule has 0 atom stereocenters. The maximum atomic E-state index is 13.0. The van der Waals surface area contributed by atoms with Crippen molar-refractivity contribution in [1.29, 1.82) is 0 Å². The van der Waals surface area contributed by atoms with Crippen molar-refractivity contribution in [2.75, 3.05) is 33.2 Å². The second kappa shape index (κ2) is 8.59. The van der Waals surface area contributed by atoms with E-state index in [9.17, 15) is 22.8 Å². The van der Waals surface area contributed by atoms with E-state index in [2.05, 4.69) is 10.00 Å². The van der Waals surface area contributed by atoms with Crippen molar-refractivity contribution in [3.8, 4) is 5.69 Å². The van der Waals surface area contributed by atoms with Gasteiger partial charge in [0.25, 0.3) is 11.7 Å². The summed E-state index contributed by atoms with van der Waals surface area (Å²) in [6.07, 6.45) is -2.20. The van der Waals surface area contributed by atoms with Crippen LogP contribution in [-0.4, -0.2) is 64.5 Å². The first-order valence-electron chi connectivity index (χ1n) is 9.85. The Labute approximate surface area is 173 Å². The topological polar surface area (TPSA) is 58.4 Å². The van der Waals surface area contributed by atoms with Crippen molar-refractivity contribution in [3.05, 3.63) is 46.8 Å². The van der Waals surface area contributed by atoms with Crippen molar-refractivity contribution in [2.24, 2.45) is 0 Å². The highest BCUT2D eigenvalue weighted by Crippen LogP contribution is 2.31. The number of halogens is 3. The smallest absolute Gasteiger partial charge is 0.338 e. The molecule has 1 fully saturated rings. The highest BCUT2D eigenvalue weighted by Gasteiger charge is 2.31. The van der Waals surface area contributed by atoms with Crippen molar-refractivity contribution in [2.45, 2.75) is 32.9 Å². The van der Waals surface area contributed by atoms with Gasteiger partial charge in [-0.3, -0.25) is 9.59 Å². The van der Waals surface area contributed by atoms with Crippen LogP contribution in [0.25, 0.3) is 5.69 Å². The standard InChI is InChI=1S/C21H25F3N4O2/c1-14-18(19(29)20(30)26(3)11-12-27-9-4-5-10-27)15(2)28(25-14)17-8-6-7-16(13-17)21(22,23)24/h6-8,13H,4-5,9-12H2,1-3H3. The summed E-state index contributed by atoms with van der Waals surface area (Å²) in [5, 5.41) is 4.22. The largest absolute Gasteiger partial charge is 0.416 e. The molecule has 3 rings (SSSR count). The maximum absolute atomic E-state index is 13.0. The number of ketones is 1. The third-order valence-corrected chi connectivity index (χ3v) is 5.43. The monoisotopic (exact) mass is 422 g/mol. The van der Waals surface area contributed by atoms with E-state index in [1.807, 2.05) is 0 Å². The zero-order valence-electron chi connectivity index (χ0n) is 17.3. The minimum absolute atomic E-state index is 0.130. The van der Waals surface area contributed by atoms with E-state index in [0.29, 0.717) is 24.5 Å². The van der Waals surface area contributed by atoms with Gasteiger partial charge in [-0.2, -0.15) is 18.3 Å². The number of Topliss-reactive ketones (excluding diaryl/α,β-unsaturated/α-hetero) is 1. The summed E-state index contributed by atoms with van der Waals surface area (Å²) in [5.41, 5.74) is 0.136. The molecule has 162 valence electrons. The maximum Gasteiger partial charge on any atom is 0.416 e. The van der Waals surface area contributed by atoms with Crippen molar-refractivity contribution < 1.29 is 22.8 Å². The molecule has 1 aromatic heterocycles. The zero-order chi connectivity index (χ0) is 22.1. The van der Waals surface area contributed by atoms with Crippen LogP contribution in [0, 0.1) is 13.8 Å². The third-order valence-electron chi connectivity index (χ3n) is 5.43. The van der Waals surface area contributed by atoms with Crippen LogP contribution in [0.3, 0.4) is 0 Å². The van der Waals surface area contributed by atoms with Gasteiger partial charge in [-0.1, -0.05) is 6.07 Å². The molecule has 1 aliphatic rings. The van der Waals surface area contributed by atoms with Gasteiger partial charge in [-0.15, -0.1) is 0 Å². The molecule has 0 saturated carbocycles. The van der Waals surface area contributed by atoms with Gasteiger partial charge in [-0.05, 0) is 58.0 Å². The normalized spacial score (nSPS) is 14.9. The number of aryl methyl sites for hydroxylation is 1. The lowest BCUT2D eigenvalue weighted by Crippen LogP contribution is -2.39. The molecule has 6 nitrogen and oxygen atoms in total. The van der Waals surface area contributed by atoms with Gasteiger partial charge < -0.3 is 9.80 Å². The van der Waals surface area contributed by atoms with E-state index in [-0.39, 0.29) is 11.3 Å². The Hall–Kier alpha value is -2.68. The summed E-state index contributed by atoms with van der Waals surface area (Å²) in [7, 11) is 1.58. The van der Waals surface area contributed by atoms with Gasteiger partial charge in [0.15, 0.2) is 0 Å². The van der Waals surface area contributed by atoms with Gasteiger partial charge >= 0.3 is 6.18 Å². The number of likely N-dealkylation sites (N-methyl/N-ethyl adjacent to an activating group) is 1. The molecule has 0 N–H and O–H groups in total. The Balaban J connectivity index is 1.81. The second-order valence-corrected chi connectivity index (χ2v) is 7.61. The lowest BCUT2D eigenvalue weighted by Gasteiger charge is -2.21. The number of nitrogens with zero attached hydrogens (tertiary/aromatic N) is 4. The number of likely N-dealkylation sites (tertiary alicyclic amines) is 1. The molecule has 2 heterocycles. The summed E-state index contributed by atoms with van der Waals surface area (Å²) in [4.78, 5) is 29.1. The third kappa shape index (κ3) is 4.56. The van der Waals surface area contributed by atoms with Crippen LogP contribution in [0.5, 0.6) is 0 Å². The summed E-state index contributed by atoms with van der Waals surface area (Å²) in [5.74, 6) is -1.35. The number of aromatic nitrogens is 2. The van der Waals surface area contributed by atoms with E-state index in [1.54, 1.807) is 20.9 Å². The molecule has 0 bridgehead atoms. The van der Waals surface area contributed by atoms with Crippen molar-refractivity contribution in [1.82, 2.24) is 19.6 Å². The molecule has 1 aromatic carbocycles. The fourth-order valence-electron chi connectivity index (χ4n) is 3.72. The summed E-state index contributed by atoms with van der Waals surface area (Å²) in [6.45, 7) is 6.28. The molecule has 2 aromatic rings. The molecule has 9 heteroatoms. The van der Waals surface area contributed by atoms with E-state index >= 15 is 0 Å². The summed E-state index contributed by atoms with van der Waals surface area (Å²) in [6, 6.07) is 4.71. The quantitative estimate of drug-likeness (QED) is 0.530. The van der Waals surface area contributed by atoms with Gasteiger partial charge in [-0.25, -0.2) is 4.68 Å². The molecule has 30 heavy (non-hydrogen) atoms. The second-order valence-electron chi connectivity index (χ2n) is 7.61. The summed E-state index contributed by atoms with van der Waals surface area (Å²) < 4.78 is 40.4. The van der Waals surface area contributed by atoms with Gasteiger partial charge in [0.05, 0.1) is 28.2 Å². The number of hydrogen-bond donors (Lipinski definition) is 0. The molecule has 0 aliphatic carbocycles. The predicted octanol–water partition coefficient (Wildman–Crippen LogP) is 3.24. The number of amides is 1.